The van der Waals surface area contributed by atoms with Crippen molar-refractivity contribution < 1.29 is 14.1 Å². The third kappa shape index (κ3) is 4.60. The van der Waals surface area contributed by atoms with Gasteiger partial charge in [-0.3, -0.25) is 24.3 Å². The Morgan fingerprint density at radius 2 is 2.17 bits per heavy atom. The Kier molecular flexibility index (Phi) is 5.92. The van der Waals surface area contributed by atoms with Crippen LogP contribution in [0.1, 0.15) is 30.6 Å². The predicted octanol–water partition coefficient (Wildman–Crippen LogP) is 3.73. The number of carbonyl (C=O) groups is 1. The average Bonchev–Trinajstić information content (AvgIpc) is 3.25. The number of rotatable bonds is 7. The molecule has 0 bridgehead atoms. The summed E-state index contributed by atoms with van der Waals surface area (Å²) in [7, 11) is 0. The Hall–Kier alpha value is -3.27. The fraction of sp³-hybridized carbons (Fsp3) is 0.278. The van der Waals surface area contributed by atoms with Crippen molar-refractivity contribution in [3.8, 4) is 0 Å². The van der Waals surface area contributed by atoms with E-state index in [-0.39, 0.29) is 10.7 Å². The Balaban J connectivity index is 1.74. The van der Waals surface area contributed by atoms with E-state index >= 15 is 0 Å². The van der Waals surface area contributed by atoms with E-state index in [9.17, 15) is 19.3 Å². The Bertz CT molecular complexity index is 1060. The van der Waals surface area contributed by atoms with Crippen LogP contribution >= 0.6 is 11.6 Å². The van der Waals surface area contributed by atoms with E-state index in [1.54, 1.807) is 23.7 Å². The first-order chi connectivity index (χ1) is 13.8. The summed E-state index contributed by atoms with van der Waals surface area (Å²) < 4.78 is 16.1. The van der Waals surface area contributed by atoms with Crippen LogP contribution in [0.2, 0.25) is 5.02 Å². The molecule has 1 N–H and O–H groups in total. The zero-order valence-corrected chi connectivity index (χ0v) is 16.4. The molecule has 0 aliphatic rings. The highest BCUT2D eigenvalue weighted by Gasteiger charge is 2.23. The van der Waals surface area contributed by atoms with Gasteiger partial charge in [-0.1, -0.05) is 24.6 Å². The number of nitrogens with zero attached hydrogens (tertiary/aromatic N) is 5. The molecule has 11 heteroatoms. The van der Waals surface area contributed by atoms with Crippen LogP contribution in [-0.4, -0.2) is 30.4 Å². The van der Waals surface area contributed by atoms with E-state index in [2.05, 4.69) is 15.5 Å². The number of halogens is 2. The van der Waals surface area contributed by atoms with E-state index in [1.165, 1.54) is 23.0 Å². The van der Waals surface area contributed by atoms with Crippen LogP contribution < -0.4 is 5.32 Å². The van der Waals surface area contributed by atoms with Gasteiger partial charge in [0, 0.05) is 16.8 Å². The van der Waals surface area contributed by atoms with Gasteiger partial charge in [0.25, 0.3) is 0 Å². The number of nitro groups is 1. The number of anilines is 1. The van der Waals surface area contributed by atoms with Crippen molar-refractivity contribution in [2.24, 2.45) is 0 Å². The number of hydrogen-bond donors (Lipinski definition) is 1. The molecule has 0 aliphatic heterocycles. The minimum Gasteiger partial charge on any atom is -0.307 e. The highest BCUT2D eigenvalue weighted by Crippen LogP contribution is 2.21. The molecule has 0 saturated heterocycles. The maximum atomic E-state index is 13.2. The number of aromatic nitrogens is 4. The van der Waals surface area contributed by atoms with E-state index < -0.39 is 22.7 Å². The molecule has 3 rings (SSSR count). The lowest BCUT2D eigenvalue weighted by Crippen LogP contribution is -2.26. The fourth-order valence-electron chi connectivity index (χ4n) is 2.84. The molecule has 1 aromatic carbocycles. The van der Waals surface area contributed by atoms with Crippen molar-refractivity contribution in [1.82, 2.24) is 19.6 Å². The van der Waals surface area contributed by atoms with Crippen LogP contribution in [-0.2, 0) is 11.3 Å². The second-order valence-electron chi connectivity index (χ2n) is 6.41. The number of aryl methyl sites for hydroxylation is 1. The van der Waals surface area contributed by atoms with E-state index in [0.717, 1.165) is 11.9 Å². The van der Waals surface area contributed by atoms with Crippen LogP contribution in [0.4, 0.5) is 15.9 Å². The van der Waals surface area contributed by atoms with Gasteiger partial charge in [-0.25, -0.2) is 4.39 Å². The molecule has 2 aromatic heterocycles. The predicted molar refractivity (Wildman–Crippen MR) is 104 cm³/mol. The number of amides is 1. The number of hydrogen-bond acceptors (Lipinski definition) is 5. The lowest BCUT2D eigenvalue weighted by atomic mass is 10.2. The summed E-state index contributed by atoms with van der Waals surface area (Å²) in [6.07, 6.45) is 2.70. The van der Waals surface area contributed by atoms with Gasteiger partial charge in [0.2, 0.25) is 5.91 Å². The Labute approximate surface area is 170 Å². The molecule has 152 valence electrons. The standard InChI is InChI=1S/C18H18ClFN6O3/c1-3-16(25-10-14(8-21-25)26(28)29)18(27)22-17-6-11(2)24(23-17)9-12-4-5-13(20)7-15(12)19/h4-8,10,16H,3,9H2,1-2H3,(H,22,23,27). The lowest BCUT2D eigenvalue weighted by Gasteiger charge is -2.14. The molecule has 2 heterocycles. The van der Waals surface area contributed by atoms with Crippen LogP contribution in [0.15, 0.2) is 36.7 Å². The fourth-order valence-corrected chi connectivity index (χ4v) is 3.06. The molecule has 0 saturated carbocycles. The van der Waals surface area contributed by atoms with Gasteiger partial charge >= 0.3 is 5.69 Å². The van der Waals surface area contributed by atoms with Crippen molar-refractivity contribution in [2.75, 3.05) is 5.32 Å². The van der Waals surface area contributed by atoms with E-state index in [0.29, 0.717) is 24.3 Å². The van der Waals surface area contributed by atoms with Crippen LogP contribution in [0.5, 0.6) is 0 Å². The van der Waals surface area contributed by atoms with Gasteiger partial charge < -0.3 is 5.32 Å². The van der Waals surface area contributed by atoms with Gasteiger partial charge in [-0.05, 0) is 31.0 Å². The minimum absolute atomic E-state index is 0.187. The summed E-state index contributed by atoms with van der Waals surface area (Å²) in [5, 5.41) is 22.1. The number of nitrogens with one attached hydrogen (secondary N) is 1. The topological polar surface area (TPSA) is 108 Å². The van der Waals surface area contributed by atoms with Gasteiger partial charge in [0.05, 0.1) is 11.5 Å². The Morgan fingerprint density at radius 3 is 2.79 bits per heavy atom. The second-order valence-corrected chi connectivity index (χ2v) is 6.82. The molecular formula is C18H18ClFN6O3. The van der Waals surface area contributed by atoms with Crippen molar-refractivity contribution in [3.63, 3.8) is 0 Å². The summed E-state index contributed by atoms with van der Waals surface area (Å²) in [4.78, 5) is 22.9. The van der Waals surface area contributed by atoms with Gasteiger partial charge in [-0.15, -0.1) is 0 Å². The van der Waals surface area contributed by atoms with Gasteiger partial charge in [-0.2, -0.15) is 10.2 Å². The molecule has 29 heavy (non-hydrogen) atoms. The summed E-state index contributed by atoms with van der Waals surface area (Å²) >= 11 is 6.07. The van der Waals surface area contributed by atoms with Gasteiger partial charge in [0.1, 0.15) is 24.3 Å². The number of benzene rings is 1. The SMILES string of the molecule is CCC(C(=O)Nc1cc(C)n(Cc2ccc(F)cc2Cl)n1)n1cc([N+](=O)[O-])cn1. The zero-order valence-electron chi connectivity index (χ0n) is 15.7. The molecular weight excluding hydrogens is 403 g/mol. The number of carbonyl (C=O) groups excluding carboxylic acids is 1. The molecule has 9 nitrogen and oxygen atoms in total. The summed E-state index contributed by atoms with van der Waals surface area (Å²) in [6.45, 7) is 3.90. The molecule has 0 spiro atoms. The lowest BCUT2D eigenvalue weighted by molar-refractivity contribution is -0.385. The quantitative estimate of drug-likeness (QED) is 0.463. The Morgan fingerprint density at radius 1 is 1.41 bits per heavy atom. The normalized spacial score (nSPS) is 12.0. The smallest absolute Gasteiger partial charge is 0.307 e. The highest BCUT2D eigenvalue weighted by molar-refractivity contribution is 6.31. The maximum absolute atomic E-state index is 13.2. The zero-order chi connectivity index (χ0) is 21.1. The van der Waals surface area contributed by atoms with Crippen molar-refractivity contribution in [2.45, 2.75) is 32.9 Å². The first-order valence-corrected chi connectivity index (χ1v) is 9.14. The van der Waals surface area contributed by atoms with E-state index in [1.807, 2.05) is 6.92 Å². The first-order valence-electron chi connectivity index (χ1n) is 8.76. The third-order valence-electron chi connectivity index (χ3n) is 4.38. The monoisotopic (exact) mass is 420 g/mol. The minimum atomic E-state index is -0.722. The molecule has 1 unspecified atom stereocenters. The second kappa shape index (κ2) is 8.39. The first kappa shape index (κ1) is 20.5. The molecule has 0 fully saturated rings. The molecule has 0 aliphatic carbocycles. The third-order valence-corrected chi connectivity index (χ3v) is 4.73. The van der Waals surface area contributed by atoms with Crippen molar-refractivity contribution >= 4 is 29.0 Å². The largest absolute Gasteiger partial charge is 0.307 e. The molecule has 3 aromatic rings. The van der Waals surface area contributed by atoms with Crippen LogP contribution in [0, 0.1) is 22.9 Å². The van der Waals surface area contributed by atoms with Crippen LogP contribution in [0.25, 0.3) is 0 Å². The summed E-state index contributed by atoms with van der Waals surface area (Å²) in [5.74, 6) is -0.492. The highest BCUT2D eigenvalue weighted by atomic mass is 35.5. The maximum Gasteiger partial charge on any atom is 0.307 e. The van der Waals surface area contributed by atoms with Gasteiger partial charge in [0.15, 0.2) is 5.82 Å². The average molecular weight is 421 g/mol. The molecule has 1 atom stereocenters. The molecule has 0 radical (unpaired) electrons. The van der Waals surface area contributed by atoms with Crippen LogP contribution in [0.3, 0.4) is 0 Å². The van der Waals surface area contributed by atoms with Crippen molar-refractivity contribution in [1.29, 1.82) is 0 Å². The molecule has 1 amide bonds. The summed E-state index contributed by atoms with van der Waals surface area (Å²) in [5.41, 5.74) is 1.27. The van der Waals surface area contributed by atoms with E-state index in [4.69, 9.17) is 11.6 Å². The summed E-state index contributed by atoms with van der Waals surface area (Å²) in [6, 6.07) is 5.09. The van der Waals surface area contributed by atoms with Crippen molar-refractivity contribution in [3.05, 3.63) is 68.9 Å².